The Balaban J connectivity index is 2.21. The Morgan fingerprint density at radius 3 is 2.71 bits per heavy atom. The van der Waals surface area contributed by atoms with Crippen LogP contribution in [0.15, 0.2) is 42.5 Å². The molecule has 0 aromatic heterocycles. The van der Waals surface area contributed by atoms with E-state index in [2.05, 4.69) is 0 Å². The van der Waals surface area contributed by atoms with E-state index in [-0.39, 0.29) is 6.61 Å². The van der Waals surface area contributed by atoms with Gasteiger partial charge >= 0.3 is 0 Å². The molecule has 0 N–H and O–H groups in total. The molecule has 0 radical (unpaired) electrons. The minimum Gasteiger partial charge on any atom is -0.489 e. The first-order chi connectivity index (χ1) is 10.2. The molecular weight excluding hydrogens is 286 g/mol. The molecule has 0 saturated heterocycles. The minimum absolute atomic E-state index is 0.234. The van der Waals surface area contributed by atoms with Gasteiger partial charge in [0, 0.05) is 16.1 Å². The fraction of sp³-hybridized carbons (Fsp3) is 0.176. The average molecular weight is 300 g/mol. The van der Waals surface area contributed by atoms with Crippen LogP contribution in [0.5, 0.6) is 5.75 Å². The van der Waals surface area contributed by atoms with E-state index in [1.807, 2.05) is 25.1 Å². The molecule has 0 unspecified atom stereocenters. The van der Waals surface area contributed by atoms with Gasteiger partial charge in [-0.25, -0.2) is 0 Å². The SMILES string of the molecule is CCc1cc(Cl)ccc1OCc1ccccc1C(=O)C#N. The largest absolute Gasteiger partial charge is 0.489 e. The van der Waals surface area contributed by atoms with Crippen LogP contribution in [-0.2, 0) is 13.0 Å². The van der Waals surface area contributed by atoms with Crippen LogP contribution in [0.4, 0.5) is 0 Å². The first-order valence-electron chi connectivity index (χ1n) is 6.59. The molecule has 0 heterocycles. The first kappa shape index (κ1) is 15.1. The van der Waals surface area contributed by atoms with E-state index in [1.165, 1.54) is 0 Å². The number of carbonyl (C=O) groups excluding carboxylic acids is 1. The van der Waals surface area contributed by atoms with Crippen molar-refractivity contribution in [3.63, 3.8) is 0 Å². The molecule has 0 bridgehead atoms. The maximum Gasteiger partial charge on any atom is 0.262 e. The maximum atomic E-state index is 11.6. The zero-order valence-corrected chi connectivity index (χ0v) is 12.4. The minimum atomic E-state index is -0.555. The van der Waals surface area contributed by atoms with Crippen LogP contribution in [-0.4, -0.2) is 5.78 Å². The lowest BCUT2D eigenvalue weighted by Crippen LogP contribution is -2.05. The molecule has 2 rings (SSSR count). The van der Waals surface area contributed by atoms with Gasteiger partial charge in [0.25, 0.3) is 5.78 Å². The fourth-order valence-corrected chi connectivity index (χ4v) is 2.24. The summed E-state index contributed by atoms with van der Waals surface area (Å²) < 4.78 is 5.78. The quantitative estimate of drug-likeness (QED) is 0.614. The summed E-state index contributed by atoms with van der Waals surface area (Å²) >= 11 is 5.96. The van der Waals surface area contributed by atoms with Gasteiger partial charge in [-0.15, -0.1) is 0 Å². The Bertz CT molecular complexity index is 704. The Kier molecular flexibility index (Phi) is 4.97. The summed E-state index contributed by atoms with van der Waals surface area (Å²) in [6.07, 6.45) is 0.800. The number of aryl methyl sites for hydroxylation is 1. The highest BCUT2D eigenvalue weighted by atomic mass is 35.5. The van der Waals surface area contributed by atoms with Gasteiger partial charge in [0.1, 0.15) is 18.4 Å². The highest BCUT2D eigenvalue weighted by Crippen LogP contribution is 2.24. The number of hydrogen-bond donors (Lipinski definition) is 0. The molecule has 0 saturated carbocycles. The zero-order valence-electron chi connectivity index (χ0n) is 11.6. The Hall–Kier alpha value is -2.31. The molecule has 106 valence electrons. The molecule has 0 aliphatic rings. The van der Waals surface area contributed by atoms with Crippen LogP contribution in [0.3, 0.4) is 0 Å². The standard InChI is InChI=1S/C17H14ClNO2/c1-2-12-9-14(18)7-8-17(12)21-11-13-5-3-4-6-15(13)16(20)10-19/h3-9H,2,11H2,1H3. The van der Waals surface area contributed by atoms with Crippen molar-refractivity contribution in [1.29, 1.82) is 5.26 Å². The maximum absolute atomic E-state index is 11.6. The molecule has 0 aliphatic carbocycles. The van der Waals surface area contributed by atoms with Gasteiger partial charge in [-0.2, -0.15) is 5.26 Å². The number of ketones is 1. The second-order valence-corrected chi connectivity index (χ2v) is 4.93. The summed E-state index contributed by atoms with van der Waals surface area (Å²) in [4.78, 5) is 11.6. The zero-order chi connectivity index (χ0) is 15.2. The third kappa shape index (κ3) is 3.62. The van der Waals surface area contributed by atoms with Crippen molar-refractivity contribution < 1.29 is 9.53 Å². The van der Waals surface area contributed by atoms with Gasteiger partial charge in [-0.3, -0.25) is 4.79 Å². The smallest absolute Gasteiger partial charge is 0.262 e. The highest BCUT2D eigenvalue weighted by molar-refractivity contribution is 6.30. The summed E-state index contributed by atoms with van der Waals surface area (Å²) in [5.41, 5.74) is 2.08. The van der Waals surface area contributed by atoms with Gasteiger partial charge < -0.3 is 4.74 Å². The van der Waals surface area contributed by atoms with E-state index >= 15 is 0 Å². The van der Waals surface area contributed by atoms with Crippen LogP contribution >= 0.6 is 11.6 Å². The lowest BCUT2D eigenvalue weighted by Gasteiger charge is -2.12. The van der Waals surface area contributed by atoms with Crippen molar-refractivity contribution in [2.75, 3.05) is 0 Å². The third-order valence-corrected chi connectivity index (χ3v) is 3.39. The van der Waals surface area contributed by atoms with Crippen LogP contribution in [0.2, 0.25) is 5.02 Å². The van der Waals surface area contributed by atoms with E-state index in [4.69, 9.17) is 21.6 Å². The molecular formula is C17H14ClNO2. The van der Waals surface area contributed by atoms with Crippen molar-refractivity contribution in [3.05, 3.63) is 64.2 Å². The number of Topliss-reactive ketones (excluding diaryl/α,β-unsaturated/α-hetero) is 1. The molecule has 3 nitrogen and oxygen atoms in total. The van der Waals surface area contributed by atoms with Crippen LogP contribution < -0.4 is 4.74 Å². The van der Waals surface area contributed by atoms with E-state index in [1.54, 1.807) is 30.3 Å². The third-order valence-electron chi connectivity index (χ3n) is 3.15. The molecule has 2 aromatic carbocycles. The van der Waals surface area contributed by atoms with Crippen LogP contribution in [0.1, 0.15) is 28.4 Å². The Morgan fingerprint density at radius 1 is 1.24 bits per heavy atom. The molecule has 4 heteroatoms. The normalized spacial score (nSPS) is 9.95. The lowest BCUT2D eigenvalue weighted by atomic mass is 10.0. The number of rotatable bonds is 5. The molecule has 0 spiro atoms. The van der Waals surface area contributed by atoms with Gasteiger partial charge in [0.15, 0.2) is 0 Å². The molecule has 21 heavy (non-hydrogen) atoms. The fourth-order valence-electron chi connectivity index (χ4n) is 2.05. The Labute approximate surface area is 128 Å². The van der Waals surface area contributed by atoms with Gasteiger partial charge in [0.2, 0.25) is 0 Å². The van der Waals surface area contributed by atoms with Crippen LogP contribution in [0.25, 0.3) is 0 Å². The van der Waals surface area contributed by atoms with Gasteiger partial charge in [-0.1, -0.05) is 36.7 Å². The molecule has 0 fully saturated rings. The Morgan fingerprint density at radius 2 is 2.00 bits per heavy atom. The first-order valence-corrected chi connectivity index (χ1v) is 6.97. The van der Waals surface area contributed by atoms with Crippen molar-refractivity contribution in [2.24, 2.45) is 0 Å². The lowest BCUT2D eigenvalue weighted by molar-refractivity contribution is 0.105. The van der Waals surface area contributed by atoms with Crippen molar-refractivity contribution in [3.8, 4) is 11.8 Å². The second-order valence-electron chi connectivity index (χ2n) is 4.49. The van der Waals surface area contributed by atoms with E-state index in [9.17, 15) is 4.79 Å². The van der Waals surface area contributed by atoms with Gasteiger partial charge in [0.05, 0.1) is 0 Å². The van der Waals surface area contributed by atoms with E-state index in [0.717, 1.165) is 17.7 Å². The van der Waals surface area contributed by atoms with Gasteiger partial charge in [-0.05, 0) is 36.2 Å². The number of ether oxygens (including phenoxy) is 1. The van der Waals surface area contributed by atoms with Crippen LogP contribution in [0, 0.1) is 11.3 Å². The molecule has 2 aromatic rings. The number of hydrogen-bond acceptors (Lipinski definition) is 3. The summed E-state index contributed by atoms with van der Waals surface area (Å²) in [7, 11) is 0. The number of nitriles is 1. The number of carbonyl (C=O) groups is 1. The topological polar surface area (TPSA) is 50.1 Å². The predicted octanol–water partition coefficient (Wildman–Crippen LogP) is 4.19. The van der Waals surface area contributed by atoms with E-state index in [0.29, 0.717) is 16.1 Å². The summed E-state index contributed by atoms with van der Waals surface area (Å²) in [6.45, 7) is 2.25. The predicted molar refractivity (Wildman–Crippen MR) is 81.5 cm³/mol. The highest BCUT2D eigenvalue weighted by Gasteiger charge is 2.11. The summed E-state index contributed by atoms with van der Waals surface area (Å²) in [5, 5.41) is 9.42. The van der Waals surface area contributed by atoms with E-state index < -0.39 is 5.78 Å². The molecule has 0 atom stereocenters. The number of halogens is 1. The number of nitrogens with zero attached hydrogens (tertiary/aromatic N) is 1. The second kappa shape index (κ2) is 6.92. The van der Waals surface area contributed by atoms with Crippen molar-refractivity contribution in [1.82, 2.24) is 0 Å². The monoisotopic (exact) mass is 299 g/mol. The van der Waals surface area contributed by atoms with Crippen molar-refractivity contribution >= 4 is 17.4 Å². The average Bonchev–Trinajstić information content (AvgIpc) is 2.53. The molecule has 0 aliphatic heterocycles. The summed E-state index contributed by atoms with van der Waals surface area (Å²) in [5.74, 6) is 0.183. The molecule has 0 amide bonds. The summed E-state index contributed by atoms with van der Waals surface area (Å²) in [6, 6.07) is 14.0. The van der Waals surface area contributed by atoms with Crippen molar-refractivity contribution in [2.45, 2.75) is 20.0 Å². The number of benzene rings is 2.